The van der Waals surface area contributed by atoms with Gasteiger partial charge in [0.05, 0.1) is 23.6 Å². The van der Waals surface area contributed by atoms with E-state index < -0.39 is 0 Å². The van der Waals surface area contributed by atoms with E-state index in [1.54, 1.807) is 0 Å². The maximum Gasteiger partial charge on any atom is 0.316 e. The quantitative estimate of drug-likeness (QED) is 0.681. The molecule has 0 saturated carbocycles. The monoisotopic (exact) mass is 422 g/mol. The van der Waals surface area contributed by atoms with Gasteiger partial charge in [-0.15, -0.1) is 0 Å². The fourth-order valence-electron chi connectivity index (χ4n) is 5.11. The number of nitrogens with zero attached hydrogens (tertiary/aromatic N) is 4. The Labute approximate surface area is 185 Å². The van der Waals surface area contributed by atoms with Crippen LogP contribution in [0.4, 0.5) is 0 Å². The lowest BCUT2D eigenvalue weighted by molar-refractivity contribution is 0.0771. The van der Waals surface area contributed by atoms with Crippen LogP contribution < -0.4 is 4.74 Å². The molecule has 3 atom stereocenters. The van der Waals surface area contributed by atoms with Gasteiger partial charge in [-0.2, -0.15) is 9.97 Å². The molecule has 2 fully saturated rings. The fourth-order valence-corrected chi connectivity index (χ4v) is 5.11. The zero-order chi connectivity index (χ0) is 22.0. The van der Waals surface area contributed by atoms with Crippen molar-refractivity contribution in [2.75, 3.05) is 39.3 Å². The first-order valence-corrected chi connectivity index (χ1v) is 11.5. The first-order valence-electron chi connectivity index (χ1n) is 11.5. The summed E-state index contributed by atoms with van der Waals surface area (Å²) >= 11 is 0. The third-order valence-electron chi connectivity index (χ3n) is 6.83. The van der Waals surface area contributed by atoms with Gasteiger partial charge in [-0.25, -0.2) is 0 Å². The number of carbonyl (C=O) groups excluding carboxylic acids is 1. The molecule has 4 rings (SSSR count). The van der Waals surface area contributed by atoms with Crippen molar-refractivity contribution in [2.24, 2.45) is 11.8 Å². The minimum atomic E-state index is 0.0664. The number of rotatable bonds is 7. The molecule has 2 aromatic rings. The minimum absolute atomic E-state index is 0.0664. The van der Waals surface area contributed by atoms with Crippen LogP contribution in [0, 0.1) is 25.7 Å². The highest BCUT2D eigenvalue weighted by atomic mass is 16.5. The lowest BCUT2D eigenvalue weighted by Gasteiger charge is -2.23. The topological polar surface area (TPSA) is 58.6 Å². The van der Waals surface area contributed by atoms with E-state index >= 15 is 0 Å². The lowest BCUT2D eigenvalue weighted by atomic mass is 9.98. The molecule has 2 saturated heterocycles. The lowest BCUT2D eigenvalue weighted by Crippen LogP contribution is -2.34. The minimum Gasteiger partial charge on any atom is -0.464 e. The van der Waals surface area contributed by atoms with Crippen molar-refractivity contribution in [3.8, 4) is 6.01 Å². The van der Waals surface area contributed by atoms with Gasteiger partial charge in [-0.05, 0) is 57.1 Å². The van der Waals surface area contributed by atoms with Gasteiger partial charge in [0.25, 0.3) is 5.91 Å². The second-order valence-electron chi connectivity index (χ2n) is 9.08. The number of hydrogen-bond acceptors (Lipinski definition) is 5. The first-order chi connectivity index (χ1) is 15.0. The standard InChI is InChI=1S/C25H34N4O2/c1-5-31-25-26-18(3)23(19(4)27-25)24(30)29-15-21-13-28(14-22(21)16-29)12-11-17(2)20-9-7-6-8-10-20/h6-10,17,21-22H,5,11-16H2,1-4H3/t17-,21?,22?/m0/s1. The molecule has 0 N–H and O–H groups in total. The zero-order valence-corrected chi connectivity index (χ0v) is 19.2. The summed E-state index contributed by atoms with van der Waals surface area (Å²) in [5.41, 5.74) is 3.46. The number of amides is 1. The molecule has 1 aromatic carbocycles. The van der Waals surface area contributed by atoms with Crippen LogP contribution >= 0.6 is 0 Å². The van der Waals surface area contributed by atoms with E-state index in [4.69, 9.17) is 4.74 Å². The van der Waals surface area contributed by atoms with Gasteiger partial charge >= 0.3 is 6.01 Å². The Balaban J connectivity index is 1.32. The number of aromatic nitrogens is 2. The van der Waals surface area contributed by atoms with Gasteiger partial charge in [-0.3, -0.25) is 4.79 Å². The van der Waals surface area contributed by atoms with Gasteiger partial charge in [-0.1, -0.05) is 37.3 Å². The molecular weight excluding hydrogens is 388 g/mol. The highest BCUT2D eigenvalue weighted by Crippen LogP contribution is 2.33. The molecule has 2 aliphatic heterocycles. The molecule has 6 heteroatoms. The predicted octanol–water partition coefficient (Wildman–Crippen LogP) is 3.69. The second-order valence-corrected chi connectivity index (χ2v) is 9.08. The van der Waals surface area contributed by atoms with Crippen molar-refractivity contribution in [2.45, 2.75) is 40.0 Å². The predicted molar refractivity (Wildman–Crippen MR) is 121 cm³/mol. The van der Waals surface area contributed by atoms with Crippen LogP contribution in [0.1, 0.15) is 53.5 Å². The zero-order valence-electron chi connectivity index (χ0n) is 19.2. The van der Waals surface area contributed by atoms with Crippen molar-refractivity contribution in [3.63, 3.8) is 0 Å². The first kappa shape index (κ1) is 21.8. The summed E-state index contributed by atoms with van der Waals surface area (Å²) in [7, 11) is 0. The molecule has 0 bridgehead atoms. The maximum atomic E-state index is 13.2. The van der Waals surface area contributed by atoms with E-state index in [9.17, 15) is 4.79 Å². The molecule has 166 valence electrons. The van der Waals surface area contributed by atoms with Crippen LogP contribution in [-0.4, -0.2) is 65.0 Å². The van der Waals surface area contributed by atoms with Crippen LogP contribution in [0.15, 0.2) is 30.3 Å². The van der Waals surface area contributed by atoms with E-state index in [1.807, 2.05) is 25.7 Å². The summed E-state index contributed by atoms with van der Waals surface area (Å²) in [6.45, 7) is 13.5. The van der Waals surface area contributed by atoms with Crippen molar-refractivity contribution in [1.29, 1.82) is 0 Å². The molecule has 1 aromatic heterocycles. The number of likely N-dealkylation sites (tertiary alicyclic amines) is 2. The van der Waals surface area contributed by atoms with E-state index in [0.717, 1.165) is 32.7 Å². The van der Waals surface area contributed by atoms with Gasteiger partial charge in [0, 0.05) is 26.2 Å². The Bertz CT molecular complexity index is 880. The fraction of sp³-hybridized carbons (Fsp3) is 0.560. The van der Waals surface area contributed by atoms with Gasteiger partial charge in [0.15, 0.2) is 0 Å². The highest BCUT2D eigenvalue weighted by molar-refractivity contribution is 5.96. The summed E-state index contributed by atoms with van der Waals surface area (Å²) in [6, 6.07) is 11.1. The van der Waals surface area contributed by atoms with E-state index in [2.05, 4.69) is 52.1 Å². The van der Waals surface area contributed by atoms with E-state index in [-0.39, 0.29) is 5.91 Å². The van der Waals surface area contributed by atoms with Gasteiger partial charge in [0.1, 0.15) is 0 Å². The highest BCUT2D eigenvalue weighted by Gasteiger charge is 2.42. The summed E-state index contributed by atoms with van der Waals surface area (Å²) < 4.78 is 5.42. The average Bonchev–Trinajstić information content (AvgIpc) is 3.31. The number of benzene rings is 1. The number of aryl methyl sites for hydroxylation is 2. The van der Waals surface area contributed by atoms with Crippen molar-refractivity contribution in [3.05, 3.63) is 52.8 Å². The van der Waals surface area contributed by atoms with Gasteiger partial charge < -0.3 is 14.5 Å². The molecule has 3 heterocycles. The Morgan fingerprint density at radius 1 is 1.06 bits per heavy atom. The third kappa shape index (κ3) is 4.74. The molecule has 6 nitrogen and oxygen atoms in total. The van der Waals surface area contributed by atoms with Crippen LogP contribution in [0.3, 0.4) is 0 Å². The smallest absolute Gasteiger partial charge is 0.316 e. The Hall–Kier alpha value is -2.47. The van der Waals surface area contributed by atoms with Crippen molar-refractivity contribution in [1.82, 2.24) is 19.8 Å². The Kier molecular flexibility index (Phi) is 6.56. The maximum absolute atomic E-state index is 13.2. The van der Waals surface area contributed by atoms with Gasteiger partial charge in [0.2, 0.25) is 0 Å². The van der Waals surface area contributed by atoms with E-state index in [0.29, 0.717) is 47.3 Å². The summed E-state index contributed by atoms with van der Waals surface area (Å²) in [5.74, 6) is 1.78. The van der Waals surface area contributed by atoms with Crippen LogP contribution in [0.25, 0.3) is 0 Å². The molecule has 2 aliphatic rings. The van der Waals surface area contributed by atoms with E-state index in [1.165, 1.54) is 12.0 Å². The van der Waals surface area contributed by atoms with Crippen LogP contribution in [-0.2, 0) is 0 Å². The SMILES string of the molecule is CCOc1nc(C)c(C(=O)N2CC3CN(CC[C@H](C)c4ccccc4)CC3C2)c(C)n1. The normalized spacial score (nSPS) is 21.9. The second kappa shape index (κ2) is 9.35. The Morgan fingerprint density at radius 3 is 2.26 bits per heavy atom. The molecule has 0 spiro atoms. The summed E-state index contributed by atoms with van der Waals surface area (Å²) in [6.07, 6.45) is 1.17. The molecule has 0 aliphatic carbocycles. The van der Waals surface area contributed by atoms with Crippen LogP contribution in [0.2, 0.25) is 0 Å². The average molecular weight is 423 g/mol. The number of hydrogen-bond donors (Lipinski definition) is 0. The summed E-state index contributed by atoms with van der Waals surface area (Å²) in [4.78, 5) is 26.6. The van der Waals surface area contributed by atoms with Crippen molar-refractivity contribution >= 4 is 5.91 Å². The molecule has 1 amide bonds. The summed E-state index contributed by atoms with van der Waals surface area (Å²) in [5, 5.41) is 0. The largest absolute Gasteiger partial charge is 0.464 e. The molecule has 31 heavy (non-hydrogen) atoms. The third-order valence-corrected chi connectivity index (χ3v) is 6.83. The van der Waals surface area contributed by atoms with Crippen molar-refractivity contribution < 1.29 is 9.53 Å². The molecule has 0 radical (unpaired) electrons. The Morgan fingerprint density at radius 2 is 1.68 bits per heavy atom. The molecular formula is C25H34N4O2. The number of ether oxygens (including phenoxy) is 1. The number of fused-ring (bicyclic) bond motifs is 1. The van der Waals surface area contributed by atoms with Crippen LogP contribution in [0.5, 0.6) is 6.01 Å². The molecule has 2 unspecified atom stereocenters. The number of carbonyl (C=O) groups is 1.